The average molecular weight is 477 g/mol. The second kappa shape index (κ2) is 7.65. The molecule has 3 saturated carbocycles. The second-order valence-corrected chi connectivity index (χ2v) is 11.3. The van der Waals surface area contributed by atoms with Crippen LogP contribution in [-0.2, 0) is 23.9 Å². The number of aliphatic hydroxyl groups excluding tert-OH is 2. The van der Waals surface area contributed by atoms with Crippen LogP contribution in [0.4, 0.5) is 4.39 Å². The number of hydrogen-bond acceptors (Lipinski definition) is 7. The summed E-state index contributed by atoms with van der Waals surface area (Å²) in [6.45, 7) is 7.35. The first-order valence-electron chi connectivity index (χ1n) is 11.9. The lowest BCUT2D eigenvalue weighted by molar-refractivity contribution is -0.228. The predicted octanol–water partition coefficient (Wildman–Crippen LogP) is 2.28. The number of allylic oxidation sites excluding steroid dienone is 4. The van der Waals surface area contributed by atoms with Gasteiger partial charge in [0.25, 0.3) is 0 Å². The molecule has 0 aromatic carbocycles. The van der Waals surface area contributed by atoms with Crippen molar-refractivity contribution in [1.29, 1.82) is 0 Å². The Morgan fingerprint density at radius 2 is 1.88 bits per heavy atom. The standard InChI is InChI=1S/C26H33FO7/c1-13(2)22(33)34-26(21(32)12-28)14(3)8-16-17-10-19(30)18-9-15(29)6-7-23(18,4)25(17,27)20(31)11-24(16,26)5/h6-7,9,13-14,16-17,20,28,31H,8,10-12H2,1-5H3/t14-,16+,17+,20+,23+,24+,25+,26-/m1/s1. The fraction of sp³-hybridized carbons (Fsp3) is 0.692. The summed E-state index contributed by atoms with van der Waals surface area (Å²) in [6, 6.07) is 0. The molecule has 34 heavy (non-hydrogen) atoms. The zero-order valence-corrected chi connectivity index (χ0v) is 20.3. The Morgan fingerprint density at radius 1 is 1.24 bits per heavy atom. The van der Waals surface area contributed by atoms with Gasteiger partial charge in [-0.3, -0.25) is 19.2 Å². The fourth-order valence-electron chi connectivity index (χ4n) is 7.62. The highest BCUT2D eigenvalue weighted by molar-refractivity contribution is 6.10. The number of rotatable bonds is 4. The largest absolute Gasteiger partial charge is 0.450 e. The Kier molecular flexibility index (Phi) is 5.61. The number of fused-ring (bicyclic) bond motifs is 5. The Labute approximate surface area is 198 Å². The molecule has 2 N–H and O–H groups in total. The van der Waals surface area contributed by atoms with Crippen molar-refractivity contribution in [2.45, 2.75) is 71.3 Å². The van der Waals surface area contributed by atoms with E-state index in [1.807, 2.05) is 0 Å². The number of halogens is 1. The molecular formula is C26H33FO7. The molecule has 3 fully saturated rings. The molecule has 0 spiro atoms. The van der Waals surface area contributed by atoms with Crippen LogP contribution in [0.2, 0.25) is 0 Å². The first kappa shape index (κ1) is 24.9. The normalized spacial score (nSPS) is 45.4. The van der Waals surface area contributed by atoms with Crippen molar-refractivity contribution in [3.63, 3.8) is 0 Å². The average Bonchev–Trinajstić information content (AvgIpc) is 2.98. The third-order valence-electron chi connectivity index (χ3n) is 9.32. The summed E-state index contributed by atoms with van der Waals surface area (Å²) in [4.78, 5) is 51.2. The van der Waals surface area contributed by atoms with Crippen molar-refractivity contribution in [3.05, 3.63) is 23.8 Å². The van der Waals surface area contributed by atoms with Gasteiger partial charge in [0.2, 0.25) is 5.78 Å². The molecule has 186 valence electrons. The molecule has 0 radical (unpaired) electrons. The molecule has 0 aliphatic heterocycles. The highest BCUT2D eigenvalue weighted by Gasteiger charge is 2.78. The number of ether oxygens (including phenoxy) is 1. The van der Waals surface area contributed by atoms with E-state index in [1.54, 1.807) is 27.7 Å². The zero-order valence-electron chi connectivity index (χ0n) is 20.3. The number of carbonyl (C=O) groups excluding carboxylic acids is 4. The number of carbonyl (C=O) groups is 4. The highest BCUT2D eigenvalue weighted by Crippen LogP contribution is 2.71. The van der Waals surface area contributed by atoms with Gasteiger partial charge >= 0.3 is 5.97 Å². The van der Waals surface area contributed by atoms with Crippen LogP contribution >= 0.6 is 0 Å². The summed E-state index contributed by atoms with van der Waals surface area (Å²) in [6.07, 6.45) is 2.00. The van der Waals surface area contributed by atoms with E-state index in [-0.39, 0.29) is 30.6 Å². The topological polar surface area (TPSA) is 118 Å². The molecule has 4 rings (SSSR count). The lowest BCUT2D eigenvalue weighted by atomic mass is 9.44. The Bertz CT molecular complexity index is 1030. The van der Waals surface area contributed by atoms with Crippen LogP contribution in [-0.4, -0.2) is 57.5 Å². The van der Waals surface area contributed by atoms with E-state index in [4.69, 9.17) is 4.74 Å². The van der Waals surface area contributed by atoms with Crippen molar-refractivity contribution in [1.82, 2.24) is 0 Å². The SMILES string of the molecule is CC(C)C(=O)O[C@@]1(C(=O)CO)[C@H](C)C[C@H]2[C@@H]3CC(=O)C4=CC(=O)C=C[C@]4(C)[C@@]3(F)[C@@H](O)C[C@@]21C. The number of alkyl halides is 1. The van der Waals surface area contributed by atoms with Gasteiger partial charge in [0.15, 0.2) is 22.8 Å². The fourth-order valence-corrected chi connectivity index (χ4v) is 7.62. The third-order valence-corrected chi connectivity index (χ3v) is 9.32. The van der Waals surface area contributed by atoms with Gasteiger partial charge in [0, 0.05) is 29.2 Å². The smallest absolute Gasteiger partial charge is 0.309 e. The second-order valence-electron chi connectivity index (χ2n) is 11.3. The summed E-state index contributed by atoms with van der Waals surface area (Å²) in [7, 11) is 0. The highest BCUT2D eigenvalue weighted by atomic mass is 19.1. The van der Waals surface area contributed by atoms with Gasteiger partial charge in [-0.15, -0.1) is 0 Å². The third kappa shape index (κ3) is 2.81. The molecule has 8 atom stereocenters. The summed E-state index contributed by atoms with van der Waals surface area (Å²) in [5.41, 5.74) is -6.69. The number of esters is 1. The number of Topliss-reactive ketones (excluding diaryl/α,β-unsaturated/α-hetero) is 2. The molecule has 4 aliphatic carbocycles. The van der Waals surface area contributed by atoms with Gasteiger partial charge < -0.3 is 14.9 Å². The van der Waals surface area contributed by atoms with E-state index in [0.717, 1.165) is 6.08 Å². The number of aliphatic hydroxyl groups is 2. The number of ketones is 3. The lowest BCUT2D eigenvalue weighted by Crippen LogP contribution is -2.71. The summed E-state index contributed by atoms with van der Waals surface area (Å²) < 4.78 is 23.1. The van der Waals surface area contributed by atoms with Crippen LogP contribution in [0.3, 0.4) is 0 Å². The van der Waals surface area contributed by atoms with E-state index in [9.17, 15) is 29.4 Å². The quantitative estimate of drug-likeness (QED) is 0.598. The van der Waals surface area contributed by atoms with E-state index in [2.05, 4.69) is 0 Å². The minimum Gasteiger partial charge on any atom is -0.450 e. The molecule has 7 nitrogen and oxygen atoms in total. The van der Waals surface area contributed by atoms with Crippen LogP contribution in [0.25, 0.3) is 0 Å². The maximum atomic E-state index is 17.2. The summed E-state index contributed by atoms with van der Waals surface area (Å²) in [5, 5.41) is 21.3. The van der Waals surface area contributed by atoms with Crippen molar-refractivity contribution in [2.24, 2.45) is 34.5 Å². The van der Waals surface area contributed by atoms with Gasteiger partial charge in [-0.1, -0.05) is 33.8 Å². The monoisotopic (exact) mass is 476 g/mol. The van der Waals surface area contributed by atoms with Crippen LogP contribution in [0.5, 0.6) is 0 Å². The Hall–Kier alpha value is -2.19. The summed E-state index contributed by atoms with van der Waals surface area (Å²) in [5.74, 6) is -4.74. The molecule has 0 saturated heterocycles. The first-order chi connectivity index (χ1) is 15.7. The van der Waals surface area contributed by atoms with E-state index < -0.39 is 76.0 Å². The molecule has 4 aliphatic rings. The van der Waals surface area contributed by atoms with Crippen LogP contribution < -0.4 is 0 Å². The Balaban J connectivity index is 1.88. The van der Waals surface area contributed by atoms with Gasteiger partial charge in [-0.05, 0) is 37.8 Å². The van der Waals surface area contributed by atoms with Crippen LogP contribution in [0, 0.1) is 34.5 Å². The van der Waals surface area contributed by atoms with Crippen molar-refractivity contribution in [2.75, 3.05) is 6.61 Å². The van der Waals surface area contributed by atoms with Crippen molar-refractivity contribution >= 4 is 23.3 Å². The Morgan fingerprint density at radius 3 is 2.47 bits per heavy atom. The number of hydrogen-bond donors (Lipinski definition) is 2. The molecule has 0 amide bonds. The molecule has 0 aromatic rings. The maximum Gasteiger partial charge on any atom is 0.309 e. The van der Waals surface area contributed by atoms with Crippen molar-refractivity contribution in [3.8, 4) is 0 Å². The van der Waals surface area contributed by atoms with Gasteiger partial charge in [-0.25, -0.2) is 4.39 Å². The molecule has 0 unspecified atom stereocenters. The zero-order chi connectivity index (χ0) is 25.4. The van der Waals surface area contributed by atoms with Crippen molar-refractivity contribution < 1.29 is 38.5 Å². The maximum absolute atomic E-state index is 17.2. The molecule has 0 aromatic heterocycles. The molecule has 8 heteroatoms. The van der Waals surface area contributed by atoms with Crippen LogP contribution in [0.15, 0.2) is 23.8 Å². The molecule has 0 bridgehead atoms. The van der Waals surface area contributed by atoms with E-state index >= 15 is 4.39 Å². The van der Waals surface area contributed by atoms with Crippen LogP contribution in [0.1, 0.15) is 53.9 Å². The van der Waals surface area contributed by atoms with Gasteiger partial charge in [0.1, 0.15) is 6.61 Å². The predicted molar refractivity (Wildman–Crippen MR) is 119 cm³/mol. The van der Waals surface area contributed by atoms with Gasteiger partial charge in [0.05, 0.1) is 17.4 Å². The first-order valence-corrected chi connectivity index (χ1v) is 11.9. The lowest BCUT2D eigenvalue weighted by Gasteiger charge is -2.62. The minimum absolute atomic E-state index is 0.0522. The van der Waals surface area contributed by atoms with Gasteiger partial charge in [-0.2, -0.15) is 0 Å². The van der Waals surface area contributed by atoms with E-state index in [0.29, 0.717) is 0 Å². The minimum atomic E-state index is -2.27. The molecule has 0 heterocycles. The summed E-state index contributed by atoms with van der Waals surface area (Å²) >= 11 is 0. The molecular weight excluding hydrogens is 443 g/mol. The van der Waals surface area contributed by atoms with E-state index in [1.165, 1.54) is 19.1 Å².